The quantitative estimate of drug-likeness (QED) is 0.851. The summed E-state index contributed by atoms with van der Waals surface area (Å²) in [6.07, 6.45) is 2.25. The molecule has 2 unspecified atom stereocenters. The third kappa shape index (κ3) is 4.14. The van der Waals surface area contributed by atoms with Gasteiger partial charge in [-0.3, -0.25) is 4.21 Å². The molecule has 2 rings (SSSR count). The number of hydrogen-bond donors (Lipinski definition) is 1. The third-order valence-electron chi connectivity index (χ3n) is 2.60. The highest BCUT2D eigenvalue weighted by atomic mass is 32.2. The van der Waals surface area contributed by atoms with Crippen LogP contribution in [-0.2, 0) is 17.3 Å². The number of aliphatic hydroxyl groups excluding tert-OH is 1. The zero-order chi connectivity index (χ0) is 14.5. The normalized spacial score (nSPS) is 13.9. The second kappa shape index (κ2) is 6.62. The fourth-order valence-corrected chi connectivity index (χ4v) is 2.08. The second-order valence-electron chi connectivity index (χ2n) is 4.48. The van der Waals surface area contributed by atoms with Crippen molar-refractivity contribution in [2.45, 2.75) is 24.7 Å². The lowest BCUT2D eigenvalue weighted by Crippen LogP contribution is -2.24. The first-order chi connectivity index (χ1) is 9.54. The van der Waals surface area contributed by atoms with Crippen LogP contribution in [0.2, 0.25) is 0 Å². The molecule has 6 nitrogen and oxygen atoms in total. The topological polar surface area (TPSA) is 77.2 Å². The van der Waals surface area contributed by atoms with E-state index in [0.717, 1.165) is 11.3 Å². The van der Waals surface area contributed by atoms with E-state index < -0.39 is 16.9 Å². The van der Waals surface area contributed by atoms with Gasteiger partial charge in [-0.1, -0.05) is 12.1 Å². The summed E-state index contributed by atoms with van der Waals surface area (Å²) in [5, 5.41) is 14.2. The maximum absolute atomic E-state index is 11.2. The molecule has 0 aliphatic rings. The van der Waals surface area contributed by atoms with Crippen LogP contribution < -0.4 is 4.74 Å². The zero-order valence-electron chi connectivity index (χ0n) is 11.4. The van der Waals surface area contributed by atoms with Crippen molar-refractivity contribution in [3.05, 3.63) is 36.2 Å². The van der Waals surface area contributed by atoms with Gasteiger partial charge in [0.2, 0.25) is 5.16 Å². The molecule has 0 aliphatic heterocycles. The zero-order valence-corrected chi connectivity index (χ0v) is 12.2. The molecule has 20 heavy (non-hydrogen) atoms. The summed E-state index contributed by atoms with van der Waals surface area (Å²) in [6.45, 7) is 2.38. The standard InChI is InChI=1S/C13H17N3O3S/c1-10-4-3-5-12(6-10)19-8-11(17)7-16-9-14-13(15-16)20(2)18/h3-6,9,11,17H,7-8H2,1-2H3. The number of aryl methyl sites for hydroxylation is 1. The number of nitrogens with zero attached hydrogens (tertiary/aromatic N) is 3. The number of hydrogen-bond acceptors (Lipinski definition) is 5. The van der Waals surface area contributed by atoms with Crippen LogP contribution in [0.1, 0.15) is 5.56 Å². The lowest BCUT2D eigenvalue weighted by Gasteiger charge is -2.12. The number of aromatic nitrogens is 3. The molecule has 0 aliphatic carbocycles. The van der Waals surface area contributed by atoms with Crippen molar-refractivity contribution in [3.8, 4) is 5.75 Å². The van der Waals surface area contributed by atoms with Gasteiger partial charge in [-0.15, -0.1) is 5.10 Å². The average Bonchev–Trinajstić information content (AvgIpc) is 2.85. The van der Waals surface area contributed by atoms with Crippen LogP contribution in [-0.4, -0.2) is 43.0 Å². The molecule has 1 N–H and O–H groups in total. The summed E-state index contributed by atoms with van der Waals surface area (Å²) in [7, 11) is -1.21. The van der Waals surface area contributed by atoms with E-state index in [4.69, 9.17) is 4.74 Å². The van der Waals surface area contributed by atoms with Crippen molar-refractivity contribution in [1.82, 2.24) is 14.8 Å². The minimum atomic E-state index is -1.21. The average molecular weight is 295 g/mol. The molecule has 108 valence electrons. The van der Waals surface area contributed by atoms with Crippen molar-refractivity contribution in [2.24, 2.45) is 0 Å². The summed E-state index contributed by atoms with van der Waals surface area (Å²) < 4.78 is 18.1. The maximum Gasteiger partial charge on any atom is 0.238 e. The van der Waals surface area contributed by atoms with Crippen LogP contribution in [0.5, 0.6) is 5.75 Å². The largest absolute Gasteiger partial charge is 0.491 e. The molecule has 1 heterocycles. The fraction of sp³-hybridized carbons (Fsp3) is 0.385. The van der Waals surface area contributed by atoms with Crippen molar-refractivity contribution < 1.29 is 14.1 Å². The Balaban J connectivity index is 1.85. The third-order valence-corrected chi connectivity index (χ3v) is 3.30. The summed E-state index contributed by atoms with van der Waals surface area (Å²) in [6, 6.07) is 7.62. The van der Waals surface area contributed by atoms with Gasteiger partial charge in [0.15, 0.2) is 0 Å². The Morgan fingerprint density at radius 3 is 2.95 bits per heavy atom. The SMILES string of the molecule is Cc1cccc(OCC(O)Cn2cnc(S(C)=O)n2)c1. The van der Waals surface area contributed by atoms with Crippen molar-refractivity contribution in [3.63, 3.8) is 0 Å². The Kier molecular flexibility index (Phi) is 4.86. The molecular formula is C13H17N3O3S. The molecule has 0 radical (unpaired) electrons. The highest BCUT2D eigenvalue weighted by Crippen LogP contribution is 2.12. The molecule has 1 aromatic carbocycles. The number of benzene rings is 1. The molecule has 0 fully saturated rings. The van der Waals surface area contributed by atoms with E-state index in [-0.39, 0.29) is 18.3 Å². The summed E-state index contributed by atoms with van der Waals surface area (Å²) >= 11 is 0. The van der Waals surface area contributed by atoms with E-state index >= 15 is 0 Å². The molecule has 0 spiro atoms. The summed E-state index contributed by atoms with van der Waals surface area (Å²) in [4.78, 5) is 3.90. The van der Waals surface area contributed by atoms with Gasteiger partial charge in [0, 0.05) is 6.26 Å². The molecule has 0 saturated carbocycles. The van der Waals surface area contributed by atoms with E-state index in [0.29, 0.717) is 0 Å². The van der Waals surface area contributed by atoms with E-state index in [1.54, 1.807) is 0 Å². The van der Waals surface area contributed by atoms with E-state index in [2.05, 4.69) is 10.1 Å². The molecule has 0 bridgehead atoms. The Hall–Kier alpha value is -1.73. The van der Waals surface area contributed by atoms with Crippen molar-refractivity contribution in [2.75, 3.05) is 12.9 Å². The number of ether oxygens (including phenoxy) is 1. The van der Waals surface area contributed by atoms with Gasteiger partial charge in [0.1, 0.15) is 24.8 Å². The molecule has 0 amide bonds. The van der Waals surface area contributed by atoms with Crippen molar-refractivity contribution in [1.29, 1.82) is 0 Å². The monoisotopic (exact) mass is 295 g/mol. The van der Waals surface area contributed by atoms with Gasteiger partial charge in [-0.25, -0.2) is 9.67 Å². The maximum atomic E-state index is 11.2. The Morgan fingerprint density at radius 1 is 1.50 bits per heavy atom. The lowest BCUT2D eigenvalue weighted by molar-refractivity contribution is 0.0889. The van der Waals surface area contributed by atoms with E-state index in [1.165, 1.54) is 17.3 Å². The minimum absolute atomic E-state index is 0.161. The highest BCUT2D eigenvalue weighted by molar-refractivity contribution is 7.84. The first-order valence-electron chi connectivity index (χ1n) is 6.15. The first-order valence-corrected chi connectivity index (χ1v) is 7.71. The van der Waals surface area contributed by atoms with Gasteiger partial charge >= 0.3 is 0 Å². The first kappa shape index (κ1) is 14.7. The van der Waals surface area contributed by atoms with Crippen LogP contribution in [0.15, 0.2) is 35.7 Å². The Morgan fingerprint density at radius 2 is 2.30 bits per heavy atom. The van der Waals surface area contributed by atoms with Crippen molar-refractivity contribution >= 4 is 10.8 Å². The fourth-order valence-electron chi connectivity index (χ4n) is 1.66. The molecular weight excluding hydrogens is 278 g/mol. The van der Waals surface area contributed by atoms with Gasteiger partial charge in [-0.2, -0.15) is 0 Å². The van der Waals surface area contributed by atoms with Crippen LogP contribution in [0.3, 0.4) is 0 Å². The number of aliphatic hydroxyl groups is 1. The molecule has 1 aromatic heterocycles. The molecule has 0 saturated heterocycles. The van der Waals surface area contributed by atoms with Gasteiger partial charge in [0.05, 0.1) is 17.3 Å². The molecule has 7 heteroatoms. The second-order valence-corrected chi connectivity index (χ2v) is 5.76. The van der Waals surface area contributed by atoms with E-state index in [9.17, 15) is 9.32 Å². The predicted molar refractivity (Wildman–Crippen MR) is 75.0 cm³/mol. The van der Waals surface area contributed by atoms with Gasteiger partial charge in [0.25, 0.3) is 0 Å². The molecule has 2 atom stereocenters. The Labute approximate surface area is 119 Å². The summed E-state index contributed by atoms with van der Waals surface area (Å²) in [5.41, 5.74) is 1.10. The highest BCUT2D eigenvalue weighted by Gasteiger charge is 2.10. The van der Waals surface area contributed by atoms with Crippen LogP contribution in [0.25, 0.3) is 0 Å². The van der Waals surface area contributed by atoms with Gasteiger partial charge in [-0.05, 0) is 24.6 Å². The summed E-state index contributed by atoms with van der Waals surface area (Å²) in [5.74, 6) is 0.720. The van der Waals surface area contributed by atoms with Crippen LogP contribution in [0.4, 0.5) is 0 Å². The van der Waals surface area contributed by atoms with Gasteiger partial charge < -0.3 is 9.84 Å². The van der Waals surface area contributed by atoms with Crippen LogP contribution >= 0.6 is 0 Å². The molecule has 2 aromatic rings. The number of rotatable bonds is 6. The Bertz CT molecular complexity index is 600. The predicted octanol–water partition coefficient (Wildman–Crippen LogP) is 0.764. The van der Waals surface area contributed by atoms with E-state index in [1.807, 2.05) is 31.2 Å². The smallest absolute Gasteiger partial charge is 0.238 e. The van der Waals surface area contributed by atoms with Crippen LogP contribution in [0, 0.1) is 6.92 Å². The minimum Gasteiger partial charge on any atom is -0.491 e. The lowest BCUT2D eigenvalue weighted by atomic mass is 10.2.